The molecule has 3 heterocycles. The van der Waals surface area contributed by atoms with Crippen LogP contribution in [0.3, 0.4) is 0 Å². The Morgan fingerprint density at radius 3 is 2.73 bits per heavy atom. The van der Waals surface area contributed by atoms with Crippen molar-refractivity contribution in [2.75, 3.05) is 5.32 Å². The number of aromatic nitrogens is 6. The van der Waals surface area contributed by atoms with Gasteiger partial charge in [0.25, 0.3) is 0 Å². The summed E-state index contributed by atoms with van der Waals surface area (Å²) in [5.74, 6) is 1.10. The number of para-hydroxylation sites is 1. The third-order valence-corrected chi connectivity index (χ3v) is 5.35. The van der Waals surface area contributed by atoms with Crippen LogP contribution in [0.5, 0.6) is 0 Å². The molecule has 0 bridgehead atoms. The molecule has 8 nitrogen and oxygen atoms in total. The number of fused-ring (bicyclic) bond motifs is 2. The molecule has 30 heavy (non-hydrogen) atoms. The molecule has 3 aromatic heterocycles. The van der Waals surface area contributed by atoms with E-state index in [9.17, 15) is 4.79 Å². The van der Waals surface area contributed by atoms with Gasteiger partial charge < -0.3 is 0 Å². The van der Waals surface area contributed by atoms with Crippen molar-refractivity contribution in [1.29, 1.82) is 0 Å². The Morgan fingerprint density at radius 2 is 1.90 bits per heavy atom. The van der Waals surface area contributed by atoms with Crippen molar-refractivity contribution in [2.24, 2.45) is 0 Å². The summed E-state index contributed by atoms with van der Waals surface area (Å²) in [6, 6.07) is 14.6. The van der Waals surface area contributed by atoms with Crippen molar-refractivity contribution in [2.45, 2.75) is 6.54 Å². The van der Waals surface area contributed by atoms with Crippen molar-refractivity contribution in [1.82, 2.24) is 29.5 Å². The van der Waals surface area contributed by atoms with Gasteiger partial charge in [0, 0.05) is 0 Å². The minimum atomic E-state index is -0.226. The quantitative estimate of drug-likeness (QED) is 0.385. The first-order chi connectivity index (χ1) is 14.6. The summed E-state index contributed by atoms with van der Waals surface area (Å²) < 4.78 is 2.10. The second-order valence-electron chi connectivity index (χ2n) is 6.47. The van der Waals surface area contributed by atoms with Crippen molar-refractivity contribution in [3.63, 3.8) is 0 Å². The molecule has 2 aromatic carbocycles. The van der Waals surface area contributed by atoms with E-state index in [-0.39, 0.29) is 12.1 Å². The van der Waals surface area contributed by atoms with Gasteiger partial charge >= 0.3 is 184 Å². The number of hydrogen-bond donors (Lipinski definition) is 2. The summed E-state index contributed by atoms with van der Waals surface area (Å²) in [4.78, 5) is 34.0. The van der Waals surface area contributed by atoms with Gasteiger partial charge in [-0.05, 0) is 0 Å². The summed E-state index contributed by atoms with van der Waals surface area (Å²) in [5.41, 5.74) is 2.26. The SMILES string of the molecule is O=c1c2c(Cl)cccc2nc(CNc2nc([As])nc3nc[nH]c23)n1-c1ccccc1. The van der Waals surface area contributed by atoms with E-state index in [1.807, 2.05) is 30.3 Å². The molecule has 0 aliphatic carbocycles. The van der Waals surface area contributed by atoms with Crippen LogP contribution in [0.25, 0.3) is 27.8 Å². The number of nitrogens with one attached hydrogen (secondary N) is 2. The second-order valence-corrected chi connectivity index (χ2v) is 7.71. The molecule has 5 rings (SSSR count). The first-order valence-electron chi connectivity index (χ1n) is 9.01. The van der Waals surface area contributed by atoms with E-state index < -0.39 is 0 Å². The Kier molecular flexibility index (Phi) is 4.73. The Hall–Kier alpha value is -3.22. The zero-order chi connectivity index (χ0) is 20.7. The van der Waals surface area contributed by atoms with Crippen LogP contribution < -0.4 is 15.5 Å². The predicted molar refractivity (Wildman–Crippen MR) is 117 cm³/mol. The molecule has 0 unspecified atom stereocenters. The molecule has 0 fully saturated rings. The standard InChI is InChI=1S/C20H13AsClN7O/c21-20-27-17(16-18(28-20)25-10-24-16)23-9-14-26-13-8-4-7-12(22)15(13)19(30)29(14)11-5-2-1-3-6-11/h1-8,10H,9H2,(H2,23,24,25,27,28). The van der Waals surface area contributed by atoms with Gasteiger partial charge in [-0.15, -0.1) is 0 Å². The van der Waals surface area contributed by atoms with Crippen LogP contribution in [0.15, 0.2) is 59.7 Å². The maximum atomic E-state index is 13.4. The first-order valence-corrected chi connectivity index (χ1v) is 10.3. The van der Waals surface area contributed by atoms with Crippen LogP contribution in [0.1, 0.15) is 5.82 Å². The number of imidazole rings is 1. The molecule has 10 heteroatoms. The molecule has 0 amide bonds. The monoisotopic (exact) mass is 477 g/mol. The van der Waals surface area contributed by atoms with Crippen LogP contribution in [0.2, 0.25) is 5.02 Å². The summed E-state index contributed by atoms with van der Waals surface area (Å²) in [5, 5.41) is 4.02. The molecular weight excluding hydrogens is 465 g/mol. The van der Waals surface area contributed by atoms with Gasteiger partial charge in [-0.3, -0.25) is 0 Å². The van der Waals surface area contributed by atoms with Gasteiger partial charge in [-0.2, -0.15) is 0 Å². The number of halogens is 1. The number of aromatic amines is 1. The second kappa shape index (κ2) is 7.55. The molecular formula is C20H13AsClN7O. The van der Waals surface area contributed by atoms with Crippen molar-refractivity contribution in [3.8, 4) is 5.69 Å². The topological polar surface area (TPSA) is 101 Å². The zero-order valence-corrected chi connectivity index (χ0v) is 18.0. The van der Waals surface area contributed by atoms with E-state index in [1.165, 1.54) is 0 Å². The maximum absolute atomic E-state index is 13.4. The minimum absolute atomic E-state index is 0.226. The summed E-state index contributed by atoms with van der Waals surface area (Å²) in [6.45, 7) is 0.254. The Labute approximate surface area is 183 Å². The van der Waals surface area contributed by atoms with Gasteiger partial charge in [0.1, 0.15) is 0 Å². The third-order valence-electron chi connectivity index (χ3n) is 4.62. The predicted octanol–water partition coefficient (Wildman–Crippen LogP) is 2.11. The van der Waals surface area contributed by atoms with Gasteiger partial charge in [0.2, 0.25) is 0 Å². The van der Waals surface area contributed by atoms with E-state index in [1.54, 1.807) is 29.1 Å². The number of H-pyrrole nitrogens is 1. The molecule has 146 valence electrons. The van der Waals surface area contributed by atoms with Gasteiger partial charge in [-0.25, -0.2) is 0 Å². The van der Waals surface area contributed by atoms with E-state index >= 15 is 0 Å². The van der Waals surface area contributed by atoms with E-state index in [0.717, 1.165) is 0 Å². The molecule has 0 saturated carbocycles. The summed E-state index contributed by atoms with van der Waals surface area (Å²) >= 11 is 8.62. The molecule has 2 N–H and O–H groups in total. The molecule has 5 aromatic rings. The number of anilines is 1. The molecule has 2 radical (unpaired) electrons. The van der Waals surface area contributed by atoms with Crippen LogP contribution in [0, 0.1) is 0 Å². The van der Waals surface area contributed by atoms with E-state index in [2.05, 4.69) is 42.1 Å². The number of benzene rings is 2. The Bertz CT molecular complexity index is 1450. The average Bonchev–Trinajstić information content (AvgIpc) is 3.21. The number of hydrogen-bond acceptors (Lipinski definition) is 6. The Balaban J connectivity index is 1.66. The molecule has 0 atom stereocenters. The van der Waals surface area contributed by atoms with Gasteiger partial charge in [0.05, 0.1) is 0 Å². The molecule has 0 spiro atoms. The van der Waals surface area contributed by atoms with Crippen LogP contribution in [0.4, 0.5) is 5.82 Å². The fraction of sp³-hybridized carbons (Fsp3) is 0.0500. The number of rotatable bonds is 4. The molecule has 0 aliphatic heterocycles. The van der Waals surface area contributed by atoms with Crippen LogP contribution >= 0.6 is 11.6 Å². The van der Waals surface area contributed by atoms with Crippen molar-refractivity contribution >= 4 is 61.0 Å². The first kappa shape index (κ1) is 18.8. The number of nitrogens with zero attached hydrogens (tertiary/aromatic N) is 5. The Morgan fingerprint density at radius 1 is 1.07 bits per heavy atom. The fourth-order valence-electron chi connectivity index (χ4n) is 3.31. The molecule has 0 saturated heterocycles. The van der Waals surface area contributed by atoms with Crippen LogP contribution in [-0.4, -0.2) is 46.3 Å². The normalized spacial score (nSPS) is 11.3. The zero-order valence-electron chi connectivity index (χ0n) is 15.4. The van der Waals surface area contributed by atoms with E-state index in [4.69, 9.17) is 16.6 Å². The van der Waals surface area contributed by atoms with Crippen molar-refractivity contribution in [3.05, 3.63) is 76.1 Å². The van der Waals surface area contributed by atoms with Gasteiger partial charge in [0.15, 0.2) is 0 Å². The van der Waals surface area contributed by atoms with Crippen molar-refractivity contribution < 1.29 is 0 Å². The summed E-state index contributed by atoms with van der Waals surface area (Å²) in [6.07, 6.45) is 1.56. The average molecular weight is 478 g/mol. The fourth-order valence-corrected chi connectivity index (χ4v) is 3.97. The third kappa shape index (κ3) is 3.24. The van der Waals surface area contributed by atoms with Gasteiger partial charge in [-0.1, -0.05) is 0 Å². The van der Waals surface area contributed by atoms with E-state index in [0.29, 0.717) is 49.0 Å². The molecule has 0 aliphatic rings. The summed E-state index contributed by atoms with van der Waals surface area (Å²) in [7, 11) is 0. The van der Waals surface area contributed by atoms with Crippen LogP contribution in [-0.2, 0) is 6.54 Å².